The summed E-state index contributed by atoms with van der Waals surface area (Å²) in [5.41, 5.74) is 8.98. The zero-order valence-electron chi connectivity index (χ0n) is 24.8. The number of hydrogen-bond donors (Lipinski definition) is 0. The minimum atomic E-state index is -2.64. The molecular formula is C30H34N4OSi. The summed E-state index contributed by atoms with van der Waals surface area (Å²) in [6.07, 6.45) is 0.395. The maximum atomic E-state index is 13.9. The van der Waals surface area contributed by atoms with Crippen molar-refractivity contribution < 1.29 is 8.91 Å². The van der Waals surface area contributed by atoms with Gasteiger partial charge in [0.2, 0.25) is 0 Å². The molecule has 3 aromatic rings. The Morgan fingerprint density at radius 2 is 1.81 bits per heavy atom. The van der Waals surface area contributed by atoms with Gasteiger partial charge in [-0.3, -0.25) is 4.79 Å². The van der Waals surface area contributed by atoms with Crippen LogP contribution >= 0.6 is 0 Å². The summed E-state index contributed by atoms with van der Waals surface area (Å²) in [6.45, 7) is 11.0. The molecule has 0 saturated heterocycles. The molecule has 6 heteroatoms. The molecule has 0 aliphatic carbocycles. The predicted molar refractivity (Wildman–Crippen MR) is 146 cm³/mol. The predicted octanol–water partition coefficient (Wildman–Crippen LogP) is 6.60. The molecule has 5 rings (SSSR count). The van der Waals surface area contributed by atoms with E-state index in [9.17, 15) is 10.1 Å². The van der Waals surface area contributed by atoms with E-state index in [1.165, 1.54) is 0 Å². The minimum Gasteiger partial charge on any atom is -0.331 e. The number of benzene rings is 2. The number of rotatable bonds is 3. The molecular weight excluding hydrogens is 460 g/mol. The molecule has 2 atom stereocenters. The van der Waals surface area contributed by atoms with Gasteiger partial charge in [-0.2, -0.15) is 5.26 Å². The van der Waals surface area contributed by atoms with Crippen molar-refractivity contribution in [2.45, 2.75) is 76.7 Å². The van der Waals surface area contributed by atoms with Crippen LogP contribution in [0.4, 0.5) is 0 Å². The smallest absolute Gasteiger partial charge is 0.254 e. The molecule has 184 valence electrons. The highest BCUT2D eigenvalue weighted by Gasteiger charge is 2.45. The van der Waals surface area contributed by atoms with Gasteiger partial charge in [0.05, 0.1) is 34.7 Å². The maximum Gasteiger partial charge on any atom is 0.254 e. The lowest BCUT2D eigenvalue weighted by atomic mass is 9.93. The molecule has 2 aromatic carbocycles. The van der Waals surface area contributed by atoms with Crippen LogP contribution in [0.1, 0.15) is 97.0 Å². The Hall–Kier alpha value is -3.35. The van der Waals surface area contributed by atoms with E-state index in [1.54, 1.807) is 24.3 Å². The largest absolute Gasteiger partial charge is 0.331 e. The lowest BCUT2D eigenvalue weighted by Crippen LogP contribution is -2.43. The van der Waals surface area contributed by atoms with Gasteiger partial charge in [-0.15, -0.1) is 5.54 Å². The number of nitrogens with zero attached hydrogens (tertiary/aromatic N) is 4. The standard InChI is InChI=1S/C30H34N4OSi/c1-18(2)36(19(3)4,20(5)6)14-13-22-9-8-10-23-28(22)26-16-27(33(7)30(23)35)29-32-24-12-11-21(17-31)15-25(24)34(26)29/h8-12,15,18-20,26-27H,16H2,1-7H3/t26-,27-/m1/s1/i7D3. The van der Waals surface area contributed by atoms with E-state index in [2.05, 4.69) is 59.1 Å². The Morgan fingerprint density at radius 1 is 1.08 bits per heavy atom. The molecule has 0 saturated carbocycles. The van der Waals surface area contributed by atoms with Gasteiger partial charge in [0, 0.05) is 34.2 Å². The summed E-state index contributed by atoms with van der Waals surface area (Å²) in [5.74, 6) is 3.57. The van der Waals surface area contributed by atoms with Crippen LogP contribution in [0, 0.1) is 22.8 Å². The Balaban J connectivity index is 1.82. The summed E-state index contributed by atoms with van der Waals surface area (Å²) in [4.78, 5) is 19.7. The fraction of sp³-hybridized carbons (Fsp3) is 0.433. The average Bonchev–Trinajstić information content (AvgIpc) is 3.35. The molecule has 2 aliphatic heterocycles. The van der Waals surface area contributed by atoms with Crippen LogP contribution in [0.2, 0.25) is 16.6 Å². The van der Waals surface area contributed by atoms with Gasteiger partial charge in [0.15, 0.2) is 0 Å². The van der Waals surface area contributed by atoms with Crippen molar-refractivity contribution in [3.05, 3.63) is 64.5 Å². The molecule has 0 N–H and O–H groups in total. The quantitative estimate of drug-likeness (QED) is 0.303. The van der Waals surface area contributed by atoms with Crippen molar-refractivity contribution in [3.8, 4) is 17.5 Å². The van der Waals surface area contributed by atoms with Crippen LogP contribution in [0.25, 0.3) is 11.0 Å². The van der Waals surface area contributed by atoms with Crippen LogP contribution in [0.15, 0.2) is 36.4 Å². The van der Waals surface area contributed by atoms with E-state index in [0.717, 1.165) is 21.5 Å². The summed E-state index contributed by atoms with van der Waals surface area (Å²) in [7, 11) is -2.07. The van der Waals surface area contributed by atoms with Crippen molar-refractivity contribution in [2.75, 3.05) is 6.98 Å². The van der Waals surface area contributed by atoms with Crippen molar-refractivity contribution in [1.82, 2.24) is 14.5 Å². The van der Waals surface area contributed by atoms with Crippen molar-refractivity contribution >= 4 is 25.0 Å². The average molecular weight is 498 g/mol. The molecule has 36 heavy (non-hydrogen) atoms. The van der Waals surface area contributed by atoms with Crippen LogP contribution < -0.4 is 0 Å². The Labute approximate surface area is 219 Å². The highest BCUT2D eigenvalue weighted by atomic mass is 28.3. The number of aromatic nitrogens is 2. The Bertz CT molecular complexity index is 1560. The molecule has 1 amide bonds. The molecule has 3 heterocycles. The minimum absolute atomic E-state index is 0.325. The second kappa shape index (κ2) is 8.64. The Kier molecular flexibility index (Phi) is 4.99. The molecule has 2 aliphatic rings. The normalized spacial score (nSPS) is 20.4. The van der Waals surface area contributed by atoms with Gasteiger partial charge in [-0.1, -0.05) is 53.5 Å². The SMILES string of the molecule is [2H]C([2H])([2H])N1C(=O)c2cccc(C#C[Si](C(C)C)(C(C)C)C(C)C)c2[C@H]2C[C@@H]1c1nc3ccc(C#N)cc3n12. The highest BCUT2D eigenvalue weighted by Crippen LogP contribution is 2.48. The lowest BCUT2D eigenvalue weighted by molar-refractivity contribution is 0.0734. The zero-order valence-corrected chi connectivity index (χ0v) is 22.8. The molecule has 2 bridgehead atoms. The number of amides is 1. The Morgan fingerprint density at radius 3 is 2.44 bits per heavy atom. The molecule has 0 radical (unpaired) electrons. The summed E-state index contributed by atoms with van der Waals surface area (Å²) >= 11 is 0. The van der Waals surface area contributed by atoms with Gasteiger partial charge >= 0.3 is 0 Å². The van der Waals surface area contributed by atoms with E-state index in [4.69, 9.17) is 9.10 Å². The number of imidazole rings is 1. The second-order valence-corrected chi connectivity index (χ2v) is 16.6. The van der Waals surface area contributed by atoms with Crippen LogP contribution in [0.3, 0.4) is 0 Å². The van der Waals surface area contributed by atoms with Gasteiger partial charge in [-0.05, 0) is 47.0 Å². The van der Waals surface area contributed by atoms with E-state index in [-0.39, 0.29) is 6.04 Å². The monoisotopic (exact) mass is 497 g/mol. The van der Waals surface area contributed by atoms with Crippen LogP contribution in [0.5, 0.6) is 0 Å². The van der Waals surface area contributed by atoms with E-state index >= 15 is 0 Å². The number of hydrogen-bond acceptors (Lipinski definition) is 3. The van der Waals surface area contributed by atoms with Gasteiger partial charge in [0.25, 0.3) is 5.91 Å². The topological polar surface area (TPSA) is 61.9 Å². The fourth-order valence-corrected chi connectivity index (χ4v) is 12.0. The number of carbonyl (C=O) groups is 1. The van der Waals surface area contributed by atoms with E-state index in [1.807, 2.05) is 16.7 Å². The third-order valence-electron chi connectivity index (χ3n) is 8.38. The molecule has 1 aromatic heterocycles. The number of carbonyl (C=O) groups excluding carboxylic acids is 1. The summed E-state index contributed by atoms with van der Waals surface area (Å²) in [5, 5.41) is 9.56. The van der Waals surface area contributed by atoms with Crippen molar-refractivity contribution in [3.63, 3.8) is 0 Å². The molecule has 0 unspecified atom stereocenters. The van der Waals surface area contributed by atoms with Crippen LogP contribution in [-0.2, 0) is 0 Å². The van der Waals surface area contributed by atoms with Crippen molar-refractivity contribution in [1.29, 1.82) is 5.26 Å². The first kappa shape index (κ1) is 20.8. The van der Waals surface area contributed by atoms with Crippen LogP contribution in [-0.4, -0.2) is 35.4 Å². The number of nitriles is 1. The third-order valence-corrected chi connectivity index (χ3v) is 14.7. The fourth-order valence-electron chi connectivity index (χ4n) is 6.73. The molecule has 0 fully saturated rings. The first-order chi connectivity index (χ1) is 18.3. The molecule has 0 spiro atoms. The first-order valence-electron chi connectivity index (χ1n) is 14.2. The van der Waals surface area contributed by atoms with Crippen molar-refractivity contribution in [2.24, 2.45) is 0 Å². The summed E-state index contributed by atoms with van der Waals surface area (Å²) in [6, 6.07) is 11.9. The summed E-state index contributed by atoms with van der Waals surface area (Å²) < 4.78 is 26.9. The van der Waals surface area contributed by atoms with Gasteiger partial charge in [0.1, 0.15) is 13.9 Å². The van der Waals surface area contributed by atoms with E-state index < -0.39 is 27.0 Å². The second-order valence-electron chi connectivity index (χ2n) is 11.0. The maximum absolute atomic E-state index is 13.9. The van der Waals surface area contributed by atoms with E-state index in [0.29, 0.717) is 45.5 Å². The van der Waals surface area contributed by atoms with Gasteiger partial charge < -0.3 is 9.47 Å². The zero-order chi connectivity index (χ0) is 28.4. The molecule has 5 nitrogen and oxygen atoms in total. The third kappa shape index (κ3) is 3.35. The lowest BCUT2D eigenvalue weighted by Gasteiger charge is -2.38. The van der Waals surface area contributed by atoms with Gasteiger partial charge in [-0.25, -0.2) is 4.98 Å². The number of fused-ring (bicyclic) bond motifs is 9. The highest BCUT2D eigenvalue weighted by molar-refractivity contribution is 6.90. The first-order valence-corrected chi connectivity index (χ1v) is 15.0.